The van der Waals surface area contributed by atoms with Crippen LogP contribution in [-0.4, -0.2) is 13.2 Å². The Kier molecular flexibility index (Phi) is 4.47. The molecule has 0 N–H and O–H groups in total. The van der Waals surface area contributed by atoms with Gasteiger partial charge in [-0.1, -0.05) is 19.9 Å². The second-order valence-corrected chi connectivity index (χ2v) is 3.50. The Balaban J connectivity index is 3.09. The van der Waals surface area contributed by atoms with E-state index in [1.54, 1.807) is 0 Å². The lowest BCUT2D eigenvalue weighted by Gasteiger charge is -2.17. The molecule has 0 aliphatic rings. The van der Waals surface area contributed by atoms with Crippen LogP contribution in [0.1, 0.15) is 33.3 Å². The van der Waals surface area contributed by atoms with Crippen molar-refractivity contribution in [3.05, 3.63) is 29.7 Å². The molecule has 0 spiro atoms. The molecule has 0 fully saturated rings. The van der Waals surface area contributed by atoms with E-state index in [4.69, 9.17) is 9.47 Å². The molecule has 15 heavy (non-hydrogen) atoms. The monoisotopic (exact) mass is 207 g/mol. The lowest BCUT2D eigenvalue weighted by molar-refractivity contribution is 0.318. The van der Waals surface area contributed by atoms with E-state index in [0.29, 0.717) is 13.2 Å². The summed E-state index contributed by atoms with van der Waals surface area (Å²) in [5, 5.41) is 0. The Labute approximate surface area is 92.2 Å². The number of benzene rings is 1. The molecule has 0 bridgehead atoms. The van der Waals surface area contributed by atoms with Crippen molar-refractivity contribution in [1.29, 1.82) is 0 Å². The zero-order valence-corrected chi connectivity index (χ0v) is 9.96. The maximum atomic E-state index is 5.58. The third-order valence-electron chi connectivity index (χ3n) is 2.09. The first-order chi connectivity index (χ1) is 7.20. The van der Waals surface area contributed by atoms with Crippen LogP contribution >= 0.6 is 0 Å². The average Bonchev–Trinajstić information content (AvgIpc) is 2.18. The van der Waals surface area contributed by atoms with Gasteiger partial charge in [0.1, 0.15) is 11.5 Å². The van der Waals surface area contributed by atoms with Gasteiger partial charge in [-0.2, -0.15) is 0 Å². The topological polar surface area (TPSA) is 18.5 Å². The van der Waals surface area contributed by atoms with Gasteiger partial charge in [-0.25, -0.2) is 0 Å². The summed E-state index contributed by atoms with van der Waals surface area (Å²) < 4.78 is 11.2. The number of hydrogen-bond donors (Lipinski definition) is 0. The molecule has 2 heteroatoms. The molecule has 0 atom stereocenters. The first-order valence-corrected chi connectivity index (χ1v) is 5.39. The Morgan fingerprint density at radius 3 is 1.80 bits per heavy atom. The zero-order chi connectivity index (χ0) is 11.3. The Bertz CT molecular complexity index is 281. The number of ether oxygens (including phenoxy) is 2. The molecule has 1 aromatic carbocycles. The maximum Gasteiger partial charge on any atom is 0.126 e. The van der Waals surface area contributed by atoms with E-state index < -0.39 is 0 Å². The van der Waals surface area contributed by atoms with E-state index in [1.807, 2.05) is 32.0 Å². The normalized spacial score (nSPS) is 10.5. The van der Waals surface area contributed by atoms with Gasteiger partial charge in [0.25, 0.3) is 0 Å². The highest BCUT2D eigenvalue weighted by atomic mass is 16.5. The van der Waals surface area contributed by atoms with E-state index in [9.17, 15) is 0 Å². The predicted molar refractivity (Wildman–Crippen MR) is 62.5 cm³/mol. The van der Waals surface area contributed by atoms with Crippen molar-refractivity contribution >= 4 is 0 Å². The van der Waals surface area contributed by atoms with E-state index in [1.165, 1.54) is 5.92 Å². The van der Waals surface area contributed by atoms with Gasteiger partial charge < -0.3 is 9.47 Å². The molecule has 0 heterocycles. The van der Waals surface area contributed by atoms with Crippen LogP contribution in [0.15, 0.2) is 18.2 Å². The molecule has 0 aromatic heterocycles. The van der Waals surface area contributed by atoms with Crippen LogP contribution in [0.25, 0.3) is 0 Å². The molecule has 1 radical (unpaired) electrons. The summed E-state index contributed by atoms with van der Waals surface area (Å²) in [6.45, 7) is 9.47. The lowest BCUT2D eigenvalue weighted by atomic mass is 10.0. The molecule has 0 amide bonds. The minimum absolute atomic E-state index is 0.676. The standard InChI is InChI=1S/C13H19O2/c1-5-14-11-8-7-9-12(15-6-2)13(11)10(3)4/h7-9H,5-6H2,1-4H3. The number of rotatable bonds is 5. The third kappa shape index (κ3) is 2.88. The van der Waals surface area contributed by atoms with E-state index in [-0.39, 0.29) is 0 Å². The Morgan fingerprint density at radius 1 is 1.00 bits per heavy atom. The molecule has 0 saturated carbocycles. The molecule has 0 aliphatic carbocycles. The van der Waals surface area contributed by atoms with Gasteiger partial charge in [-0.05, 0) is 26.0 Å². The summed E-state index contributed by atoms with van der Waals surface area (Å²) in [6, 6.07) is 5.92. The Morgan fingerprint density at radius 2 is 1.47 bits per heavy atom. The van der Waals surface area contributed by atoms with Gasteiger partial charge in [-0.15, -0.1) is 0 Å². The fraction of sp³-hybridized carbons (Fsp3) is 0.462. The van der Waals surface area contributed by atoms with Crippen molar-refractivity contribution in [3.63, 3.8) is 0 Å². The highest BCUT2D eigenvalue weighted by Gasteiger charge is 2.14. The van der Waals surface area contributed by atoms with Crippen LogP contribution in [-0.2, 0) is 0 Å². The minimum atomic E-state index is 0.676. The van der Waals surface area contributed by atoms with Gasteiger partial charge >= 0.3 is 0 Å². The Hall–Kier alpha value is -1.18. The van der Waals surface area contributed by atoms with Gasteiger partial charge in [0.2, 0.25) is 0 Å². The van der Waals surface area contributed by atoms with Crippen molar-refractivity contribution in [3.8, 4) is 11.5 Å². The van der Waals surface area contributed by atoms with Gasteiger partial charge in [0.05, 0.1) is 13.2 Å². The lowest BCUT2D eigenvalue weighted by Crippen LogP contribution is -2.03. The highest BCUT2D eigenvalue weighted by molar-refractivity contribution is 5.52. The van der Waals surface area contributed by atoms with Crippen LogP contribution in [0.5, 0.6) is 11.5 Å². The summed E-state index contributed by atoms with van der Waals surface area (Å²) in [5.41, 5.74) is 1.08. The fourth-order valence-electron chi connectivity index (χ4n) is 1.56. The smallest absolute Gasteiger partial charge is 0.126 e. The average molecular weight is 207 g/mol. The zero-order valence-electron chi connectivity index (χ0n) is 9.96. The highest BCUT2D eigenvalue weighted by Crippen LogP contribution is 2.34. The summed E-state index contributed by atoms with van der Waals surface area (Å²) in [7, 11) is 0. The van der Waals surface area contributed by atoms with Crippen LogP contribution in [0.3, 0.4) is 0 Å². The fourth-order valence-corrected chi connectivity index (χ4v) is 1.56. The van der Waals surface area contributed by atoms with E-state index in [0.717, 1.165) is 17.1 Å². The van der Waals surface area contributed by atoms with Crippen LogP contribution in [0.2, 0.25) is 0 Å². The quantitative estimate of drug-likeness (QED) is 0.736. The van der Waals surface area contributed by atoms with E-state index >= 15 is 0 Å². The molecule has 1 rings (SSSR count). The van der Waals surface area contributed by atoms with Crippen LogP contribution in [0.4, 0.5) is 0 Å². The van der Waals surface area contributed by atoms with Crippen LogP contribution in [0, 0.1) is 5.92 Å². The molecule has 0 unspecified atom stereocenters. The van der Waals surface area contributed by atoms with Crippen molar-refractivity contribution in [2.45, 2.75) is 27.7 Å². The first kappa shape index (κ1) is 11.9. The minimum Gasteiger partial charge on any atom is -0.493 e. The first-order valence-electron chi connectivity index (χ1n) is 5.39. The van der Waals surface area contributed by atoms with Gasteiger partial charge in [0.15, 0.2) is 0 Å². The summed E-state index contributed by atoms with van der Waals surface area (Å²) in [6.07, 6.45) is 0. The van der Waals surface area contributed by atoms with Crippen molar-refractivity contribution in [2.75, 3.05) is 13.2 Å². The molecule has 2 nitrogen and oxygen atoms in total. The summed E-state index contributed by atoms with van der Waals surface area (Å²) in [4.78, 5) is 0. The summed E-state index contributed by atoms with van der Waals surface area (Å²) >= 11 is 0. The van der Waals surface area contributed by atoms with Crippen molar-refractivity contribution < 1.29 is 9.47 Å². The molecular formula is C13H19O2. The molecule has 0 saturated heterocycles. The molecule has 83 valence electrons. The van der Waals surface area contributed by atoms with Crippen molar-refractivity contribution in [1.82, 2.24) is 0 Å². The van der Waals surface area contributed by atoms with Gasteiger partial charge in [0, 0.05) is 11.5 Å². The molecule has 1 aromatic rings. The van der Waals surface area contributed by atoms with Crippen LogP contribution < -0.4 is 9.47 Å². The van der Waals surface area contributed by atoms with E-state index in [2.05, 4.69) is 13.8 Å². The maximum absolute atomic E-state index is 5.58. The predicted octanol–water partition coefficient (Wildman–Crippen LogP) is 3.45. The SMILES string of the molecule is CCOc1cccc(OCC)c1[C](C)C. The summed E-state index contributed by atoms with van der Waals surface area (Å²) in [5.74, 6) is 3.02. The van der Waals surface area contributed by atoms with Gasteiger partial charge in [-0.3, -0.25) is 0 Å². The second-order valence-electron chi connectivity index (χ2n) is 3.50. The van der Waals surface area contributed by atoms with Crippen molar-refractivity contribution in [2.24, 2.45) is 0 Å². The second kappa shape index (κ2) is 5.64. The number of hydrogen-bond acceptors (Lipinski definition) is 2. The largest absolute Gasteiger partial charge is 0.493 e. The molecular weight excluding hydrogens is 188 g/mol. The third-order valence-corrected chi connectivity index (χ3v) is 2.09. The molecule has 0 aliphatic heterocycles.